The predicted octanol–water partition coefficient (Wildman–Crippen LogP) is 5.96. The van der Waals surface area contributed by atoms with Gasteiger partial charge in [-0.3, -0.25) is 0 Å². The van der Waals surface area contributed by atoms with Crippen LogP contribution in [0.3, 0.4) is 0 Å². The van der Waals surface area contributed by atoms with Crippen LogP contribution in [-0.2, 0) is 0 Å². The van der Waals surface area contributed by atoms with Gasteiger partial charge in [-0.2, -0.15) is 0 Å². The minimum absolute atomic E-state index is 0.193. The van der Waals surface area contributed by atoms with E-state index >= 15 is 0 Å². The van der Waals surface area contributed by atoms with Crippen LogP contribution in [0.15, 0.2) is 57.5 Å². The second kappa shape index (κ2) is 11.4. The van der Waals surface area contributed by atoms with Crippen molar-refractivity contribution in [3.05, 3.63) is 57.5 Å². The van der Waals surface area contributed by atoms with E-state index in [-0.39, 0.29) is 12.1 Å². The SMILES string of the molecule is O=C(NC[C@@H]1CCC[C@@H](CNC(=O)Nc2cccc(Br)c2)C1)Nc1cccc(Br)c1. The quantitative estimate of drug-likeness (QED) is 0.366. The first-order chi connectivity index (χ1) is 14.5. The van der Waals surface area contributed by atoms with Crippen molar-refractivity contribution in [2.75, 3.05) is 23.7 Å². The van der Waals surface area contributed by atoms with E-state index in [2.05, 4.69) is 53.1 Å². The lowest BCUT2D eigenvalue weighted by molar-refractivity contribution is 0.230. The van der Waals surface area contributed by atoms with E-state index < -0.39 is 0 Å². The van der Waals surface area contributed by atoms with Gasteiger partial charge < -0.3 is 21.3 Å². The van der Waals surface area contributed by atoms with Gasteiger partial charge in [0.2, 0.25) is 0 Å². The van der Waals surface area contributed by atoms with Crippen LogP contribution >= 0.6 is 31.9 Å². The van der Waals surface area contributed by atoms with Gasteiger partial charge in [0, 0.05) is 33.4 Å². The smallest absolute Gasteiger partial charge is 0.319 e. The van der Waals surface area contributed by atoms with E-state index in [1.54, 1.807) is 0 Å². The monoisotopic (exact) mass is 536 g/mol. The third-order valence-electron chi connectivity index (χ3n) is 5.16. The number of urea groups is 2. The van der Waals surface area contributed by atoms with Gasteiger partial charge in [-0.15, -0.1) is 0 Å². The second-order valence-electron chi connectivity index (χ2n) is 7.59. The number of hydrogen-bond donors (Lipinski definition) is 4. The lowest BCUT2D eigenvalue weighted by Crippen LogP contribution is -2.38. The molecule has 0 unspecified atom stereocenters. The molecular weight excluding hydrogens is 512 g/mol. The lowest BCUT2D eigenvalue weighted by atomic mass is 9.81. The van der Waals surface area contributed by atoms with Gasteiger partial charge in [0.05, 0.1) is 0 Å². The molecular formula is C22H26Br2N4O2. The Bertz CT molecular complexity index is 808. The Hall–Kier alpha value is -2.06. The second-order valence-corrected chi connectivity index (χ2v) is 9.42. The molecule has 0 heterocycles. The van der Waals surface area contributed by atoms with E-state index in [4.69, 9.17) is 0 Å². The highest BCUT2D eigenvalue weighted by atomic mass is 79.9. The summed E-state index contributed by atoms with van der Waals surface area (Å²) in [7, 11) is 0. The van der Waals surface area contributed by atoms with Crippen molar-refractivity contribution < 1.29 is 9.59 Å². The molecule has 2 atom stereocenters. The van der Waals surface area contributed by atoms with Crippen LogP contribution in [0.2, 0.25) is 0 Å². The molecule has 1 saturated carbocycles. The van der Waals surface area contributed by atoms with Crippen molar-refractivity contribution >= 4 is 55.3 Å². The zero-order chi connectivity index (χ0) is 21.3. The van der Waals surface area contributed by atoms with Gasteiger partial charge in [-0.05, 0) is 67.5 Å². The Balaban J connectivity index is 1.37. The highest BCUT2D eigenvalue weighted by Crippen LogP contribution is 2.28. The Labute approximate surface area is 193 Å². The summed E-state index contributed by atoms with van der Waals surface area (Å²) in [6.45, 7) is 1.28. The van der Waals surface area contributed by atoms with Crippen LogP contribution in [0, 0.1) is 11.8 Å². The third kappa shape index (κ3) is 7.65. The molecule has 0 aromatic heterocycles. The van der Waals surface area contributed by atoms with Crippen molar-refractivity contribution in [3.63, 3.8) is 0 Å². The van der Waals surface area contributed by atoms with Crippen molar-refractivity contribution in [1.82, 2.24) is 10.6 Å². The largest absolute Gasteiger partial charge is 0.338 e. The predicted molar refractivity (Wildman–Crippen MR) is 128 cm³/mol. The number of halogens is 2. The Morgan fingerprint density at radius 3 is 1.70 bits per heavy atom. The maximum absolute atomic E-state index is 12.2. The van der Waals surface area contributed by atoms with Gasteiger partial charge in [-0.1, -0.05) is 50.4 Å². The standard InChI is InChI=1S/C22H26Br2N4O2/c23-17-6-2-8-19(11-17)27-21(29)25-13-15-4-1-5-16(10-15)14-26-22(30)28-20-9-3-7-18(24)12-20/h2-3,6-9,11-12,15-16H,1,4-5,10,13-14H2,(H2,25,27,29)(H2,26,28,30)/t15-,16-/m1/s1. The van der Waals surface area contributed by atoms with E-state index in [9.17, 15) is 9.59 Å². The summed E-state index contributed by atoms with van der Waals surface area (Å²) < 4.78 is 1.85. The van der Waals surface area contributed by atoms with Crippen molar-refractivity contribution in [1.29, 1.82) is 0 Å². The van der Waals surface area contributed by atoms with Gasteiger partial charge in [0.25, 0.3) is 0 Å². The molecule has 4 N–H and O–H groups in total. The molecule has 3 rings (SSSR count). The molecule has 1 aliphatic rings. The first-order valence-electron chi connectivity index (χ1n) is 10.1. The molecule has 0 radical (unpaired) electrons. The van der Waals surface area contributed by atoms with Gasteiger partial charge in [-0.25, -0.2) is 9.59 Å². The maximum Gasteiger partial charge on any atom is 0.319 e. The normalized spacial score (nSPS) is 18.3. The molecule has 1 aliphatic carbocycles. The molecule has 0 bridgehead atoms. The number of benzene rings is 2. The summed E-state index contributed by atoms with van der Waals surface area (Å²) in [5.74, 6) is 0.846. The Morgan fingerprint density at radius 2 is 1.27 bits per heavy atom. The van der Waals surface area contributed by atoms with Crippen LogP contribution in [0.1, 0.15) is 25.7 Å². The van der Waals surface area contributed by atoms with Crippen molar-refractivity contribution in [2.45, 2.75) is 25.7 Å². The topological polar surface area (TPSA) is 82.3 Å². The number of rotatable bonds is 6. The van der Waals surface area contributed by atoms with Crippen molar-refractivity contribution in [3.8, 4) is 0 Å². The molecule has 2 aromatic rings. The zero-order valence-electron chi connectivity index (χ0n) is 16.6. The van der Waals surface area contributed by atoms with Crippen LogP contribution in [-0.4, -0.2) is 25.2 Å². The van der Waals surface area contributed by atoms with E-state index in [1.807, 2.05) is 48.5 Å². The summed E-state index contributed by atoms with van der Waals surface area (Å²) in [4.78, 5) is 24.3. The average molecular weight is 538 g/mol. The number of carbonyl (C=O) groups is 2. The van der Waals surface area contributed by atoms with Crippen LogP contribution in [0.4, 0.5) is 21.0 Å². The fourth-order valence-electron chi connectivity index (χ4n) is 3.73. The first-order valence-corrected chi connectivity index (χ1v) is 11.7. The number of carbonyl (C=O) groups excluding carboxylic acids is 2. The lowest BCUT2D eigenvalue weighted by Gasteiger charge is -2.29. The number of hydrogen-bond acceptors (Lipinski definition) is 2. The molecule has 0 saturated heterocycles. The molecule has 30 heavy (non-hydrogen) atoms. The minimum Gasteiger partial charge on any atom is -0.338 e. The molecule has 8 heteroatoms. The fraction of sp³-hybridized carbons (Fsp3) is 0.364. The molecule has 1 fully saturated rings. The summed E-state index contributed by atoms with van der Waals surface area (Å²) in [5.41, 5.74) is 1.51. The number of anilines is 2. The van der Waals surface area contributed by atoms with E-state index in [1.165, 1.54) is 0 Å². The van der Waals surface area contributed by atoms with E-state index in [0.717, 1.165) is 46.0 Å². The van der Waals surface area contributed by atoms with Crippen LogP contribution in [0.25, 0.3) is 0 Å². The Morgan fingerprint density at radius 1 is 0.800 bits per heavy atom. The third-order valence-corrected chi connectivity index (χ3v) is 6.15. The molecule has 6 nitrogen and oxygen atoms in total. The van der Waals surface area contributed by atoms with Gasteiger partial charge >= 0.3 is 12.1 Å². The van der Waals surface area contributed by atoms with Gasteiger partial charge in [0.15, 0.2) is 0 Å². The fourth-order valence-corrected chi connectivity index (χ4v) is 4.53. The van der Waals surface area contributed by atoms with Gasteiger partial charge in [0.1, 0.15) is 0 Å². The molecule has 0 spiro atoms. The Kier molecular flexibility index (Phi) is 8.57. The number of nitrogens with one attached hydrogen (secondary N) is 4. The molecule has 0 aliphatic heterocycles. The average Bonchev–Trinajstić information content (AvgIpc) is 2.71. The van der Waals surface area contributed by atoms with Crippen LogP contribution in [0.5, 0.6) is 0 Å². The zero-order valence-corrected chi connectivity index (χ0v) is 19.8. The van der Waals surface area contributed by atoms with Crippen molar-refractivity contribution in [2.24, 2.45) is 11.8 Å². The van der Waals surface area contributed by atoms with E-state index in [0.29, 0.717) is 24.9 Å². The summed E-state index contributed by atoms with van der Waals surface area (Å²) in [6, 6.07) is 14.6. The highest BCUT2D eigenvalue weighted by Gasteiger charge is 2.23. The number of amides is 4. The first kappa shape index (κ1) is 22.6. The minimum atomic E-state index is -0.193. The maximum atomic E-state index is 12.2. The summed E-state index contributed by atoms with van der Waals surface area (Å²) >= 11 is 6.80. The molecule has 160 valence electrons. The highest BCUT2D eigenvalue weighted by molar-refractivity contribution is 9.10. The molecule has 2 aromatic carbocycles. The molecule has 4 amide bonds. The summed E-state index contributed by atoms with van der Waals surface area (Å²) in [6.07, 6.45) is 4.29. The van der Waals surface area contributed by atoms with Crippen LogP contribution < -0.4 is 21.3 Å². The summed E-state index contributed by atoms with van der Waals surface area (Å²) in [5, 5.41) is 11.7.